The maximum absolute atomic E-state index is 12.9. The standard InChI is InChI=1S/C12H13FO2.3C10H9FO2.C8H7F.C4H6N2O2.CH3FS.3CH4/c1-2-15-12(14)11-7-10(11)8-4-3-5-9(13)6-8;3*11-7-3-1-2-6(4-7)8-5-9(8)10(12)13;1-2-7-4-3-5-8(9)6-7;1-2-8-4(7)3-6-5;1-3-2;;;/h3-6,10-11H,2,7H2,1H3;3*1-4,8-9H,5H2,(H,12,13);2-6H,1H2;3H,2H2,1H3;1H3;3*1H4/t;2*8-,9+;;;;;;;/m.11......./s1. The van der Waals surface area contributed by atoms with Crippen LogP contribution < -0.4 is 0 Å². The van der Waals surface area contributed by atoms with Crippen LogP contribution in [0.25, 0.3) is 11.6 Å². The lowest BCUT2D eigenvalue weighted by molar-refractivity contribution is -0.145. The largest absolute Gasteiger partial charge is 0.481 e. The molecule has 4 aliphatic rings. The first-order valence-electron chi connectivity index (χ1n) is 23.1. The van der Waals surface area contributed by atoms with Crippen LogP contribution in [0.4, 0.5) is 25.8 Å². The third-order valence-corrected chi connectivity index (χ3v) is 11.3. The number of benzene rings is 5. The molecular weight excluding hydrogens is 1030 g/mol. The number of ether oxygens (including phenoxy) is 2. The molecule has 4 saturated carbocycles. The minimum atomic E-state index is -0.783. The first kappa shape index (κ1) is 69.5. The number of carboxylic acid groups (broad SMARTS) is 3. The van der Waals surface area contributed by atoms with Crippen LogP contribution in [0.2, 0.25) is 0 Å². The van der Waals surface area contributed by atoms with E-state index in [0.717, 1.165) is 34.2 Å². The summed E-state index contributed by atoms with van der Waals surface area (Å²) >= 11 is 0.250. The van der Waals surface area contributed by atoms with Crippen molar-refractivity contribution in [2.45, 2.75) is 85.5 Å². The molecule has 5 aromatic carbocycles. The normalized spacial score (nSPS) is 19.6. The van der Waals surface area contributed by atoms with Gasteiger partial charge in [0.1, 0.15) is 29.1 Å². The molecule has 4 aliphatic carbocycles. The molecule has 19 heteroatoms. The summed E-state index contributed by atoms with van der Waals surface area (Å²) in [6, 6.07) is 31.2. The molecule has 0 heterocycles. The van der Waals surface area contributed by atoms with Gasteiger partial charge in [-0.05, 0) is 152 Å². The maximum Gasteiger partial charge on any atom is 0.413 e. The topological polar surface area (TPSA) is 201 Å². The molecule has 0 saturated heterocycles. The number of carboxylic acids is 3. The summed E-state index contributed by atoms with van der Waals surface area (Å²) in [6.45, 7) is 7.67. The van der Waals surface area contributed by atoms with Crippen molar-refractivity contribution in [2.75, 3.05) is 19.5 Å². The summed E-state index contributed by atoms with van der Waals surface area (Å²) in [7, 11) is 0. The van der Waals surface area contributed by atoms with Gasteiger partial charge in [0.05, 0.1) is 36.9 Å². The van der Waals surface area contributed by atoms with Gasteiger partial charge >= 0.3 is 36.1 Å². The molecule has 4 fully saturated rings. The van der Waals surface area contributed by atoms with Crippen LogP contribution in [0, 0.1) is 52.8 Å². The molecule has 418 valence electrons. The van der Waals surface area contributed by atoms with Crippen molar-refractivity contribution in [1.82, 2.24) is 0 Å². The molecule has 0 radical (unpaired) electrons. The van der Waals surface area contributed by atoms with E-state index in [4.69, 9.17) is 25.6 Å². The predicted octanol–water partition coefficient (Wildman–Crippen LogP) is 14.0. The van der Waals surface area contributed by atoms with E-state index in [-0.39, 0.29) is 117 Å². The number of rotatable bonds is 12. The summed E-state index contributed by atoms with van der Waals surface area (Å²) < 4.78 is 82.9. The Morgan fingerprint density at radius 3 is 1.08 bits per heavy atom. The monoisotopic (exact) mass is 1100 g/mol. The van der Waals surface area contributed by atoms with Crippen molar-refractivity contribution < 1.29 is 79.4 Å². The molecule has 9 rings (SSSR count). The Labute approximate surface area is 451 Å². The Hall–Kier alpha value is -7.50. The molecule has 0 bridgehead atoms. The molecule has 77 heavy (non-hydrogen) atoms. The summed E-state index contributed by atoms with van der Waals surface area (Å²) in [5, 5.41) is 26.0. The van der Waals surface area contributed by atoms with Crippen LogP contribution in [-0.2, 0) is 33.4 Å². The van der Waals surface area contributed by atoms with Gasteiger partial charge < -0.3 is 30.3 Å². The number of carbonyl (C=O) groups is 5. The second-order valence-corrected chi connectivity index (χ2v) is 17.0. The fourth-order valence-corrected chi connectivity index (χ4v) is 7.39. The quantitative estimate of drug-likeness (QED) is 0.0353. The van der Waals surface area contributed by atoms with Crippen LogP contribution in [0.15, 0.2) is 128 Å². The van der Waals surface area contributed by atoms with Gasteiger partial charge in [0.15, 0.2) is 0 Å². The number of hydrogen-bond acceptors (Lipinski definition) is 8. The number of aliphatic carboxylic acids is 3. The van der Waals surface area contributed by atoms with Gasteiger partial charge in [-0.25, -0.2) is 26.7 Å². The van der Waals surface area contributed by atoms with Gasteiger partial charge in [0, 0.05) is 18.4 Å². The number of esters is 2. The zero-order valence-electron chi connectivity index (χ0n) is 40.5. The van der Waals surface area contributed by atoms with Crippen molar-refractivity contribution >= 4 is 54.3 Å². The van der Waals surface area contributed by atoms with E-state index in [1.54, 1.807) is 74.5 Å². The predicted molar refractivity (Wildman–Crippen MR) is 286 cm³/mol. The molecule has 3 N–H and O–H groups in total. The lowest BCUT2D eigenvalue weighted by Gasteiger charge is -2.01. The minimum Gasteiger partial charge on any atom is -0.481 e. The van der Waals surface area contributed by atoms with E-state index in [1.165, 1.54) is 66.9 Å². The highest BCUT2D eigenvalue weighted by molar-refractivity contribution is 7.93. The molecule has 4 unspecified atom stereocenters. The molecular formula is C58H68F6N2O10S. The Balaban J connectivity index is 0.000000893. The maximum atomic E-state index is 12.9. The highest BCUT2D eigenvalue weighted by Crippen LogP contribution is 2.50. The molecule has 0 aromatic heterocycles. The molecule has 5 aromatic rings. The highest BCUT2D eigenvalue weighted by Gasteiger charge is 2.46. The number of halogens is 6. The number of nitrogens with zero attached hydrogens (tertiary/aromatic N) is 2. The van der Waals surface area contributed by atoms with E-state index >= 15 is 0 Å². The van der Waals surface area contributed by atoms with Crippen molar-refractivity contribution in [3.05, 3.63) is 190 Å². The van der Waals surface area contributed by atoms with Gasteiger partial charge in [-0.1, -0.05) is 95.6 Å². The highest BCUT2D eigenvalue weighted by atomic mass is 32.2. The van der Waals surface area contributed by atoms with Crippen molar-refractivity contribution in [3.8, 4) is 0 Å². The third kappa shape index (κ3) is 25.3. The van der Waals surface area contributed by atoms with E-state index < -0.39 is 23.9 Å². The zero-order chi connectivity index (χ0) is 54.9. The fourth-order valence-electron chi connectivity index (χ4n) is 7.39. The lowest BCUT2D eigenvalue weighted by atomic mass is 10.1. The van der Waals surface area contributed by atoms with Crippen molar-refractivity contribution in [3.63, 3.8) is 0 Å². The fraction of sp³-hybridized carbons (Fsp3) is 0.345. The van der Waals surface area contributed by atoms with E-state index in [1.807, 2.05) is 6.07 Å². The number of carbonyl (C=O) groups excluding carboxylic acids is 2. The second kappa shape index (κ2) is 35.7. The first-order chi connectivity index (χ1) is 35.3. The van der Waals surface area contributed by atoms with Crippen LogP contribution in [0.3, 0.4) is 0 Å². The van der Waals surface area contributed by atoms with Crippen molar-refractivity contribution in [2.24, 2.45) is 23.7 Å². The van der Waals surface area contributed by atoms with E-state index in [9.17, 15) is 49.8 Å². The summed E-state index contributed by atoms with van der Waals surface area (Å²) in [5.74, 6) is -5.25. The average molecular weight is 1100 g/mol. The van der Waals surface area contributed by atoms with Gasteiger partial charge in [-0.3, -0.25) is 19.2 Å². The average Bonchev–Trinajstić information content (AvgIpc) is 4.15. The Morgan fingerprint density at radius 2 is 0.844 bits per heavy atom. The van der Waals surface area contributed by atoms with Gasteiger partial charge in [-0.15, -0.1) is 0 Å². The van der Waals surface area contributed by atoms with Gasteiger partial charge in [0.2, 0.25) is 0 Å². The van der Waals surface area contributed by atoms with E-state index in [2.05, 4.69) is 16.1 Å². The lowest BCUT2D eigenvalue weighted by Crippen LogP contribution is -2.07. The van der Waals surface area contributed by atoms with Crippen LogP contribution in [0.1, 0.15) is 113 Å². The number of hydrogen-bond donors (Lipinski definition) is 3. The Kier molecular flexibility index (Phi) is 32.2. The summed E-state index contributed by atoms with van der Waals surface area (Å²) in [5.41, 5.74) is 11.8. The van der Waals surface area contributed by atoms with Gasteiger partial charge in [0.25, 0.3) is 0 Å². The van der Waals surface area contributed by atoms with E-state index in [0.29, 0.717) is 38.7 Å². The molecule has 0 amide bonds. The Morgan fingerprint density at radius 1 is 0.558 bits per heavy atom. The summed E-state index contributed by atoms with van der Waals surface area (Å²) in [4.78, 5) is 55.5. The molecule has 0 spiro atoms. The summed E-state index contributed by atoms with van der Waals surface area (Å²) in [6.07, 6.45) is 6.38. The smallest absolute Gasteiger partial charge is 0.413 e. The van der Waals surface area contributed by atoms with Crippen molar-refractivity contribution in [1.29, 1.82) is 0 Å². The second-order valence-electron chi connectivity index (χ2n) is 16.7. The Bertz CT molecular complexity index is 2560. The van der Waals surface area contributed by atoms with Gasteiger partial charge in [-0.2, -0.15) is 8.68 Å². The SMILES string of the molecule is C.C.C.C=Cc1cccc(F)c1.CCOC(=O)C1CC1c1cccc(F)c1.CCOC(=O)C=[N+]=[N-].CSF.O=C(O)C1CC1c1cccc(F)c1.O=C(O)[C@H]1C[C@@H]1c1cccc(F)c1.O=C(O)[C@H]1C[C@@H]1c1cccc(F)c1. The van der Waals surface area contributed by atoms with Crippen LogP contribution in [0.5, 0.6) is 0 Å². The third-order valence-electron chi connectivity index (χ3n) is 11.3. The molecule has 0 aliphatic heterocycles. The molecule has 12 nitrogen and oxygen atoms in total. The first-order valence-corrected chi connectivity index (χ1v) is 24.2. The van der Waals surface area contributed by atoms with Crippen LogP contribution >= 0.6 is 12.1 Å². The molecule has 8 atom stereocenters. The van der Waals surface area contributed by atoms with Crippen LogP contribution in [-0.4, -0.2) is 75.6 Å². The minimum absolute atomic E-state index is 0. The zero-order valence-corrected chi connectivity index (χ0v) is 41.4.